The summed E-state index contributed by atoms with van der Waals surface area (Å²) in [6, 6.07) is 5.03. The van der Waals surface area contributed by atoms with Crippen molar-refractivity contribution in [1.29, 1.82) is 0 Å². The zero-order chi connectivity index (χ0) is 14.3. The first-order chi connectivity index (χ1) is 9.56. The molecule has 7 nitrogen and oxygen atoms in total. The number of carboxylic acids is 1. The van der Waals surface area contributed by atoms with E-state index in [9.17, 15) is 14.7 Å². The first-order valence-corrected chi connectivity index (χ1v) is 5.91. The number of hydrogen-bond acceptors (Lipinski definition) is 4. The fourth-order valence-electron chi connectivity index (χ4n) is 2.13. The SMILES string of the molecule is Cc1[nH]nc(-c2ccc3c(c2)NC(=O)CO3)c1C(=O)O. The highest BCUT2D eigenvalue weighted by Gasteiger charge is 2.21. The number of nitrogens with zero attached hydrogens (tertiary/aromatic N) is 1. The van der Waals surface area contributed by atoms with Crippen molar-refractivity contribution in [2.24, 2.45) is 0 Å². The number of carboxylic acid groups (broad SMARTS) is 1. The number of hydrogen-bond donors (Lipinski definition) is 3. The molecule has 3 N–H and O–H groups in total. The lowest BCUT2D eigenvalue weighted by Gasteiger charge is -2.18. The van der Waals surface area contributed by atoms with Crippen LogP contribution in [-0.4, -0.2) is 33.8 Å². The predicted molar refractivity (Wildman–Crippen MR) is 69.8 cm³/mol. The Kier molecular flexibility index (Phi) is 2.67. The van der Waals surface area contributed by atoms with E-state index in [1.807, 2.05) is 0 Å². The van der Waals surface area contributed by atoms with Gasteiger partial charge in [0.1, 0.15) is 17.0 Å². The van der Waals surface area contributed by atoms with Crippen LogP contribution in [0.25, 0.3) is 11.3 Å². The predicted octanol–water partition coefficient (Wildman–Crippen LogP) is 1.41. The van der Waals surface area contributed by atoms with Gasteiger partial charge in [0.2, 0.25) is 0 Å². The van der Waals surface area contributed by atoms with Crippen LogP contribution >= 0.6 is 0 Å². The number of carbonyl (C=O) groups is 2. The van der Waals surface area contributed by atoms with Gasteiger partial charge in [-0.25, -0.2) is 4.79 Å². The fourth-order valence-corrected chi connectivity index (χ4v) is 2.13. The number of H-pyrrole nitrogens is 1. The number of aryl methyl sites for hydroxylation is 1. The molecule has 102 valence electrons. The zero-order valence-corrected chi connectivity index (χ0v) is 10.6. The largest absolute Gasteiger partial charge is 0.482 e. The van der Waals surface area contributed by atoms with E-state index in [1.165, 1.54) is 0 Å². The van der Waals surface area contributed by atoms with Gasteiger partial charge in [-0.2, -0.15) is 5.10 Å². The average Bonchev–Trinajstić information content (AvgIpc) is 2.80. The van der Waals surface area contributed by atoms with Gasteiger partial charge in [0, 0.05) is 11.3 Å². The second-order valence-corrected chi connectivity index (χ2v) is 4.43. The Hall–Kier alpha value is -2.83. The highest BCUT2D eigenvalue weighted by atomic mass is 16.5. The molecule has 2 aromatic rings. The maximum atomic E-state index is 11.3. The van der Waals surface area contributed by atoms with Crippen molar-refractivity contribution in [3.63, 3.8) is 0 Å². The number of aromatic carboxylic acids is 1. The number of anilines is 1. The lowest BCUT2D eigenvalue weighted by Crippen LogP contribution is -2.25. The number of nitrogens with one attached hydrogen (secondary N) is 2. The zero-order valence-electron chi connectivity index (χ0n) is 10.6. The third-order valence-corrected chi connectivity index (χ3v) is 3.05. The summed E-state index contributed by atoms with van der Waals surface area (Å²) in [4.78, 5) is 22.6. The summed E-state index contributed by atoms with van der Waals surface area (Å²) < 4.78 is 5.25. The van der Waals surface area contributed by atoms with Gasteiger partial charge < -0.3 is 15.2 Å². The molecule has 2 heterocycles. The maximum absolute atomic E-state index is 11.3. The van der Waals surface area contributed by atoms with Crippen molar-refractivity contribution in [1.82, 2.24) is 10.2 Å². The van der Waals surface area contributed by atoms with Crippen LogP contribution in [0.5, 0.6) is 5.75 Å². The third kappa shape index (κ3) is 1.89. The summed E-state index contributed by atoms with van der Waals surface area (Å²) in [5, 5.41) is 18.6. The lowest BCUT2D eigenvalue weighted by atomic mass is 10.0. The fraction of sp³-hybridized carbons (Fsp3) is 0.154. The molecule has 0 radical (unpaired) electrons. The molecule has 0 bridgehead atoms. The van der Waals surface area contributed by atoms with Crippen molar-refractivity contribution in [3.8, 4) is 17.0 Å². The molecule has 0 saturated carbocycles. The molecular formula is C13H11N3O4. The van der Waals surface area contributed by atoms with E-state index in [1.54, 1.807) is 25.1 Å². The Labute approximate surface area is 113 Å². The first-order valence-electron chi connectivity index (χ1n) is 5.91. The van der Waals surface area contributed by atoms with Crippen molar-refractivity contribution >= 4 is 17.6 Å². The number of carbonyl (C=O) groups excluding carboxylic acids is 1. The van der Waals surface area contributed by atoms with Crippen molar-refractivity contribution in [3.05, 3.63) is 29.5 Å². The minimum absolute atomic E-state index is 0.0196. The van der Waals surface area contributed by atoms with Crippen molar-refractivity contribution in [2.75, 3.05) is 11.9 Å². The van der Waals surface area contributed by atoms with Crippen LogP contribution in [0.15, 0.2) is 18.2 Å². The van der Waals surface area contributed by atoms with Gasteiger partial charge in [-0.15, -0.1) is 0 Å². The van der Waals surface area contributed by atoms with E-state index in [-0.39, 0.29) is 18.1 Å². The highest BCUT2D eigenvalue weighted by Crippen LogP contribution is 2.33. The van der Waals surface area contributed by atoms with Gasteiger partial charge in [-0.05, 0) is 25.1 Å². The topological polar surface area (TPSA) is 104 Å². The van der Waals surface area contributed by atoms with Crippen LogP contribution in [0.1, 0.15) is 16.1 Å². The van der Waals surface area contributed by atoms with Crippen LogP contribution in [0, 0.1) is 6.92 Å². The molecule has 0 unspecified atom stereocenters. The average molecular weight is 273 g/mol. The monoisotopic (exact) mass is 273 g/mol. The molecule has 7 heteroatoms. The number of rotatable bonds is 2. The summed E-state index contributed by atoms with van der Waals surface area (Å²) in [5.41, 5.74) is 2.03. The van der Waals surface area contributed by atoms with E-state index in [4.69, 9.17) is 4.74 Å². The highest BCUT2D eigenvalue weighted by molar-refractivity contribution is 5.98. The molecule has 0 atom stereocenters. The molecule has 1 aliphatic rings. The normalized spacial score (nSPS) is 13.3. The van der Waals surface area contributed by atoms with Gasteiger partial charge in [-0.3, -0.25) is 9.89 Å². The van der Waals surface area contributed by atoms with E-state index in [0.717, 1.165) is 0 Å². The molecule has 0 fully saturated rings. The standard InChI is InChI=1S/C13H11N3O4/c1-6-11(13(18)19)12(16-15-6)7-2-3-9-8(4-7)14-10(17)5-20-9/h2-4H,5H2,1H3,(H,14,17)(H,15,16)(H,18,19). The van der Waals surface area contributed by atoms with Crippen LogP contribution < -0.4 is 10.1 Å². The van der Waals surface area contributed by atoms with Gasteiger partial charge in [0.05, 0.1) is 5.69 Å². The Morgan fingerprint density at radius 2 is 2.25 bits per heavy atom. The molecule has 0 saturated heterocycles. The van der Waals surface area contributed by atoms with Gasteiger partial charge in [0.25, 0.3) is 5.91 Å². The lowest BCUT2D eigenvalue weighted by molar-refractivity contribution is -0.118. The number of fused-ring (bicyclic) bond motifs is 1. The van der Waals surface area contributed by atoms with Crippen LogP contribution in [-0.2, 0) is 4.79 Å². The quantitative estimate of drug-likeness (QED) is 0.767. The number of amides is 1. The number of ether oxygens (including phenoxy) is 1. The molecule has 1 aromatic carbocycles. The van der Waals surface area contributed by atoms with Gasteiger partial charge in [0.15, 0.2) is 6.61 Å². The van der Waals surface area contributed by atoms with Crippen molar-refractivity contribution in [2.45, 2.75) is 6.92 Å². The molecular weight excluding hydrogens is 262 g/mol. The smallest absolute Gasteiger partial charge is 0.339 e. The van der Waals surface area contributed by atoms with E-state index >= 15 is 0 Å². The Morgan fingerprint density at radius 1 is 1.45 bits per heavy atom. The van der Waals surface area contributed by atoms with Crippen LogP contribution in [0.2, 0.25) is 0 Å². The van der Waals surface area contributed by atoms with Gasteiger partial charge >= 0.3 is 5.97 Å². The van der Waals surface area contributed by atoms with Crippen LogP contribution in [0.3, 0.4) is 0 Å². The summed E-state index contributed by atoms with van der Waals surface area (Å²) in [6.45, 7) is 1.62. The first kappa shape index (κ1) is 12.2. The number of aromatic amines is 1. The minimum Gasteiger partial charge on any atom is -0.482 e. The van der Waals surface area contributed by atoms with Crippen LogP contribution in [0.4, 0.5) is 5.69 Å². The second-order valence-electron chi connectivity index (χ2n) is 4.43. The number of benzene rings is 1. The Morgan fingerprint density at radius 3 is 3.00 bits per heavy atom. The molecule has 1 amide bonds. The summed E-state index contributed by atoms with van der Waals surface area (Å²) in [5.74, 6) is -0.743. The van der Waals surface area contributed by atoms with Crippen molar-refractivity contribution < 1.29 is 19.4 Å². The number of aromatic nitrogens is 2. The second kappa shape index (κ2) is 4.37. The summed E-state index contributed by atoms with van der Waals surface area (Å²) in [7, 11) is 0. The van der Waals surface area contributed by atoms with E-state index < -0.39 is 5.97 Å². The summed E-state index contributed by atoms with van der Waals surface area (Å²) >= 11 is 0. The Bertz CT molecular complexity index is 720. The molecule has 20 heavy (non-hydrogen) atoms. The molecule has 1 aromatic heterocycles. The maximum Gasteiger partial charge on any atom is 0.339 e. The van der Waals surface area contributed by atoms with E-state index in [2.05, 4.69) is 15.5 Å². The summed E-state index contributed by atoms with van der Waals surface area (Å²) in [6.07, 6.45) is 0. The minimum atomic E-state index is -1.05. The third-order valence-electron chi connectivity index (χ3n) is 3.05. The van der Waals surface area contributed by atoms with Gasteiger partial charge in [-0.1, -0.05) is 0 Å². The Balaban J connectivity index is 2.10. The molecule has 0 aliphatic carbocycles. The molecule has 0 spiro atoms. The van der Waals surface area contributed by atoms with E-state index in [0.29, 0.717) is 28.4 Å². The molecule has 1 aliphatic heterocycles. The molecule has 3 rings (SSSR count).